The topological polar surface area (TPSA) is 12.9 Å². The van der Waals surface area contributed by atoms with Crippen molar-refractivity contribution < 1.29 is 0 Å². The third-order valence-corrected chi connectivity index (χ3v) is 4.24. The largest absolute Gasteiger partial charge is 0.257 e. The minimum atomic E-state index is 1.15. The monoisotopic (exact) mass is 241 g/mol. The first-order valence-corrected chi connectivity index (χ1v) is 7.62. The van der Waals surface area contributed by atoms with Crippen LogP contribution in [-0.2, 0) is 19.3 Å². The molecular formula is C17H23N. The summed E-state index contributed by atoms with van der Waals surface area (Å²) < 4.78 is 0. The predicted octanol–water partition coefficient (Wildman–Crippen LogP) is 4.48. The van der Waals surface area contributed by atoms with E-state index in [1.165, 1.54) is 74.7 Å². The first-order valence-electron chi connectivity index (χ1n) is 7.62. The molecule has 96 valence electrons. The molecule has 18 heavy (non-hydrogen) atoms. The molecule has 0 unspecified atom stereocenters. The Balaban J connectivity index is 1.94. The molecule has 1 heterocycles. The fraction of sp³-hybridized carbons (Fsp3) is 0.588. The number of hydrogen-bond acceptors (Lipinski definition) is 1. The van der Waals surface area contributed by atoms with Gasteiger partial charge in [-0.3, -0.25) is 4.98 Å². The summed E-state index contributed by atoms with van der Waals surface area (Å²) in [5.41, 5.74) is 5.72. The first kappa shape index (κ1) is 12.0. The molecule has 0 saturated carbocycles. The van der Waals surface area contributed by atoms with Gasteiger partial charge in [0.2, 0.25) is 0 Å². The van der Waals surface area contributed by atoms with Gasteiger partial charge in [0, 0.05) is 11.4 Å². The van der Waals surface area contributed by atoms with Gasteiger partial charge in [0.25, 0.3) is 0 Å². The highest BCUT2D eigenvalue weighted by Gasteiger charge is 2.13. The highest BCUT2D eigenvalue weighted by molar-refractivity contribution is 5.58. The molecule has 1 aromatic rings. The maximum Gasteiger partial charge on any atom is 0.0484 e. The van der Waals surface area contributed by atoms with Crippen molar-refractivity contribution in [1.82, 2.24) is 4.98 Å². The van der Waals surface area contributed by atoms with Crippen LogP contribution in [0, 0.1) is 0 Å². The van der Waals surface area contributed by atoms with E-state index in [9.17, 15) is 0 Å². The number of aromatic nitrogens is 1. The average molecular weight is 241 g/mol. The molecule has 0 saturated heterocycles. The van der Waals surface area contributed by atoms with E-state index in [0.29, 0.717) is 0 Å². The van der Waals surface area contributed by atoms with Gasteiger partial charge in [-0.05, 0) is 55.7 Å². The molecule has 0 radical (unpaired) electrons. The molecule has 0 N–H and O–H groups in total. The van der Waals surface area contributed by atoms with E-state index >= 15 is 0 Å². The Morgan fingerprint density at radius 2 is 1.61 bits per heavy atom. The van der Waals surface area contributed by atoms with Crippen LogP contribution in [0.5, 0.6) is 0 Å². The summed E-state index contributed by atoms with van der Waals surface area (Å²) in [6, 6.07) is 2.39. The summed E-state index contributed by atoms with van der Waals surface area (Å²) in [6.07, 6.45) is 17.7. The zero-order valence-electron chi connectivity index (χ0n) is 11.3. The van der Waals surface area contributed by atoms with Gasteiger partial charge in [0.1, 0.15) is 0 Å². The van der Waals surface area contributed by atoms with Crippen LogP contribution in [0.25, 0.3) is 6.08 Å². The number of aryl methyl sites for hydroxylation is 3. The highest BCUT2D eigenvalue weighted by atomic mass is 14.7. The van der Waals surface area contributed by atoms with E-state index in [2.05, 4.69) is 18.2 Å². The fourth-order valence-electron chi connectivity index (χ4n) is 3.21. The summed E-state index contributed by atoms with van der Waals surface area (Å²) in [5, 5.41) is 0. The van der Waals surface area contributed by atoms with E-state index in [4.69, 9.17) is 4.98 Å². The number of nitrogens with zero attached hydrogens (tertiary/aromatic N) is 1. The minimum Gasteiger partial charge on any atom is -0.257 e. The predicted molar refractivity (Wildman–Crippen MR) is 76.7 cm³/mol. The third-order valence-electron chi connectivity index (χ3n) is 4.24. The molecule has 2 bridgehead atoms. The van der Waals surface area contributed by atoms with Crippen molar-refractivity contribution in [2.24, 2.45) is 0 Å². The molecule has 3 rings (SSSR count). The highest BCUT2D eigenvalue weighted by Crippen LogP contribution is 2.25. The third kappa shape index (κ3) is 2.66. The molecular weight excluding hydrogens is 218 g/mol. The minimum absolute atomic E-state index is 1.15. The van der Waals surface area contributed by atoms with Crippen LogP contribution < -0.4 is 0 Å². The molecule has 0 aliphatic heterocycles. The Bertz CT molecular complexity index is 445. The van der Waals surface area contributed by atoms with E-state index in [-0.39, 0.29) is 0 Å². The van der Waals surface area contributed by atoms with Crippen molar-refractivity contribution in [3.05, 3.63) is 34.7 Å². The standard InChI is InChI=1S/C17H23N/c1-2-4-6-10-15-13-14(9-5-3-1)16-11-7-8-12-17(16)18-15/h7,11,13H,1-6,8-10,12H2. The smallest absolute Gasteiger partial charge is 0.0484 e. The molecule has 2 aliphatic rings. The Hall–Kier alpha value is -1.11. The summed E-state index contributed by atoms with van der Waals surface area (Å²) in [4.78, 5) is 4.90. The molecule has 1 aromatic heterocycles. The molecule has 1 heteroatoms. The number of pyridine rings is 1. The van der Waals surface area contributed by atoms with Gasteiger partial charge in [0.15, 0.2) is 0 Å². The van der Waals surface area contributed by atoms with Crippen LogP contribution in [0.4, 0.5) is 0 Å². The molecule has 0 aromatic carbocycles. The number of fused-ring (bicyclic) bond motifs is 4. The van der Waals surface area contributed by atoms with Crippen LogP contribution in [0.3, 0.4) is 0 Å². The fourth-order valence-corrected chi connectivity index (χ4v) is 3.21. The SMILES string of the molecule is C1=Cc2c3cc(nc2CC1)CCCCCCCC3. The zero-order valence-corrected chi connectivity index (χ0v) is 11.3. The number of hydrogen-bond donors (Lipinski definition) is 0. The van der Waals surface area contributed by atoms with Crippen LogP contribution in [0.15, 0.2) is 12.1 Å². The number of allylic oxidation sites excluding steroid dienone is 1. The second kappa shape index (κ2) is 5.69. The van der Waals surface area contributed by atoms with Crippen molar-refractivity contribution in [2.45, 2.75) is 64.2 Å². The van der Waals surface area contributed by atoms with Crippen LogP contribution in [0.1, 0.15) is 67.5 Å². The van der Waals surface area contributed by atoms with Crippen LogP contribution >= 0.6 is 0 Å². The molecule has 2 aliphatic carbocycles. The first-order chi connectivity index (χ1) is 8.93. The van der Waals surface area contributed by atoms with Gasteiger partial charge < -0.3 is 0 Å². The molecule has 0 amide bonds. The van der Waals surface area contributed by atoms with E-state index < -0.39 is 0 Å². The van der Waals surface area contributed by atoms with Gasteiger partial charge >= 0.3 is 0 Å². The van der Waals surface area contributed by atoms with E-state index in [1.54, 1.807) is 5.56 Å². The van der Waals surface area contributed by atoms with Gasteiger partial charge in [-0.25, -0.2) is 0 Å². The number of rotatable bonds is 0. The average Bonchev–Trinajstić information content (AvgIpc) is 2.44. The Morgan fingerprint density at radius 3 is 2.50 bits per heavy atom. The molecule has 0 fully saturated rings. The molecule has 0 atom stereocenters. The van der Waals surface area contributed by atoms with Gasteiger partial charge in [-0.15, -0.1) is 0 Å². The molecule has 1 nitrogen and oxygen atoms in total. The Morgan fingerprint density at radius 1 is 0.833 bits per heavy atom. The van der Waals surface area contributed by atoms with Crippen LogP contribution in [-0.4, -0.2) is 4.98 Å². The maximum absolute atomic E-state index is 4.90. The van der Waals surface area contributed by atoms with Crippen molar-refractivity contribution in [1.29, 1.82) is 0 Å². The summed E-state index contributed by atoms with van der Waals surface area (Å²) >= 11 is 0. The Kier molecular flexibility index (Phi) is 3.78. The zero-order chi connectivity index (χ0) is 12.2. The lowest BCUT2D eigenvalue weighted by Crippen LogP contribution is -2.06. The van der Waals surface area contributed by atoms with Crippen molar-refractivity contribution >= 4 is 6.08 Å². The maximum atomic E-state index is 4.90. The van der Waals surface area contributed by atoms with Gasteiger partial charge in [0.05, 0.1) is 0 Å². The van der Waals surface area contributed by atoms with Crippen molar-refractivity contribution in [3.63, 3.8) is 0 Å². The van der Waals surface area contributed by atoms with Crippen molar-refractivity contribution in [3.8, 4) is 0 Å². The van der Waals surface area contributed by atoms with E-state index in [1.807, 2.05) is 0 Å². The van der Waals surface area contributed by atoms with Crippen LogP contribution in [0.2, 0.25) is 0 Å². The molecule has 0 spiro atoms. The summed E-state index contributed by atoms with van der Waals surface area (Å²) in [6.45, 7) is 0. The second-order valence-electron chi connectivity index (χ2n) is 5.70. The summed E-state index contributed by atoms with van der Waals surface area (Å²) in [7, 11) is 0. The van der Waals surface area contributed by atoms with Gasteiger partial charge in [-0.2, -0.15) is 0 Å². The van der Waals surface area contributed by atoms with Crippen molar-refractivity contribution in [2.75, 3.05) is 0 Å². The van der Waals surface area contributed by atoms with E-state index in [0.717, 1.165) is 6.42 Å². The lowest BCUT2D eigenvalue weighted by atomic mass is 9.94. The lowest BCUT2D eigenvalue weighted by molar-refractivity contribution is 0.596. The Labute approximate surface area is 110 Å². The normalized spacial score (nSPS) is 20.0. The second-order valence-corrected chi connectivity index (χ2v) is 5.70. The quantitative estimate of drug-likeness (QED) is 0.652. The lowest BCUT2D eigenvalue weighted by Gasteiger charge is -2.16. The van der Waals surface area contributed by atoms with Gasteiger partial charge in [-0.1, -0.05) is 37.8 Å². The summed E-state index contributed by atoms with van der Waals surface area (Å²) in [5.74, 6) is 0.